The van der Waals surface area contributed by atoms with Crippen molar-refractivity contribution in [2.24, 2.45) is 5.92 Å². The van der Waals surface area contributed by atoms with Crippen molar-refractivity contribution in [3.8, 4) is 11.6 Å². The van der Waals surface area contributed by atoms with Crippen LogP contribution in [0.5, 0.6) is 11.6 Å². The minimum atomic E-state index is -0.686. The normalized spacial score (nSPS) is 16.7. The first-order chi connectivity index (χ1) is 19.5. The molecule has 2 aliphatic rings. The summed E-state index contributed by atoms with van der Waals surface area (Å²) in [6.45, 7) is 6.23. The lowest BCUT2D eigenvalue weighted by Gasteiger charge is -2.35. The maximum atomic E-state index is 12.7. The van der Waals surface area contributed by atoms with Gasteiger partial charge in [0.1, 0.15) is 5.75 Å². The average Bonchev–Trinajstić information content (AvgIpc) is 3.26. The number of H-pyrrole nitrogens is 1. The van der Waals surface area contributed by atoms with Crippen LogP contribution in [0.25, 0.3) is 0 Å². The molecule has 2 fully saturated rings. The first-order valence-corrected chi connectivity index (χ1v) is 13.9. The highest BCUT2D eigenvalue weighted by atomic mass is 16.7. The Balaban J connectivity index is 1.05. The van der Waals surface area contributed by atoms with E-state index in [0.717, 1.165) is 50.5 Å². The molecule has 2 saturated heterocycles. The lowest BCUT2D eigenvalue weighted by atomic mass is 9.96. The molecule has 1 amide bonds. The highest BCUT2D eigenvalue weighted by Crippen LogP contribution is 2.21. The molecule has 0 unspecified atom stereocenters. The number of likely N-dealkylation sites (tertiary alicyclic amines) is 1. The Hall–Kier alpha value is -3.96. The van der Waals surface area contributed by atoms with Gasteiger partial charge < -0.3 is 34.8 Å². The van der Waals surface area contributed by atoms with Gasteiger partial charge in [-0.15, -0.1) is 0 Å². The largest absolute Gasteiger partial charge is 0.497 e. The lowest BCUT2D eigenvalue weighted by molar-refractivity contribution is 0.0779. The summed E-state index contributed by atoms with van der Waals surface area (Å²) in [6, 6.07) is 18.3. The van der Waals surface area contributed by atoms with Crippen molar-refractivity contribution in [1.29, 1.82) is 0 Å². The highest BCUT2D eigenvalue weighted by molar-refractivity contribution is 5.68. The van der Waals surface area contributed by atoms with Gasteiger partial charge in [-0.2, -0.15) is 0 Å². The van der Waals surface area contributed by atoms with Crippen molar-refractivity contribution in [1.82, 2.24) is 24.8 Å². The summed E-state index contributed by atoms with van der Waals surface area (Å²) in [7, 11) is 1.63. The van der Waals surface area contributed by atoms with E-state index in [2.05, 4.69) is 44.4 Å². The molecule has 3 heterocycles. The Bertz CT molecular complexity index is 1290. The Labute approximate surface area is 233 Å². The summed E-state index contributed by atoms with van der Waals surface area (Å²) < 4.78 is 5.84. The number of rotatable bonds is 9. The smallest absolute Gasteiger partial charge is 0.434 e. The van der Waals surface area contributed by atoms with Crippen LogP contribution in [-0.2, 0) is 13.1 Å². The number of aromatic nitrogens is 2. The molecule has 214 valence electrons. The highest BCUT2D eigenvalue weighted by Gasteiger charge is 2.26. The number of imidazole rings is 1. The van der Waals surface area contributed by atoms with Crippen LogP contribution in [0.15, 0.2) is 59.4 Å². The quantitative estimate of drug-likeness (QED) is 0.372. The topological polar surface area (TPSA) is 115 Å². The monoisotopic (exact) mass is 550 g/mol. The van der Waals surface area contributed by atoms with Crippen LogP contribution in [0.4, 0.5) is 10.5 Å². The second-order valence-electron chi connectivity index (χ2n) is 10.4. The molecule has 2 aromatic carbocycles. The summed E-state index contributed by atoms with van der Waals surface area (Å²) >= 11 is 0. The van der Waals surface area contributed by atoms with Crippen molar-refractivity contribution in [3.63, 3.8) is 0 Å². The fraction of sp³-hybridized carbons (Fsp3) is 0.448. The Morgan fingerprint density at radius 2 is 1.70 bits per heavy atom. The number of amides is 1. The van der Waals surface area contributed by atoms with Crippen molar-refractivity contribution in [3.05, 3.63) is 76.3 Å². The molecule has 1 aromatic heterocycles. The first-order valence-electron chi connectivity index (χ1n) is 13.9. The molecule has 2 aliphatic heterocycles. The molecule has 3 N–H and O–H groups in total. The van der Waals surface area contributed by atoms with Gasteiger partial charge in [0.05, 0.1) is 12.8 Å². The molecular formula is C29H38N6O5. The summed E-state index contributed by atoms with van der Waals surface area (Å²) in [5, 5.41) is 13.9. The van der Waals surface area contributed by atoms with Crippen molar-refractivity contribution in [2.75, 3.05) is 57.8 Å². The van der Waals surface area contributed by atoms with Gasteiger partial charge in [-0.05, 0) is 68.2 Å². The van der Waals surface area contributed by atoms with E-state index in [0.29, 0.717) is 42.5 Å². The summed E-state index contributed by atoms with van der Waals surface area (Å²) in [4.78, 5) is 39.2. The van der Waals surface area contributed by atoms with E-state index in [1.807, 2.05) is 30.3 Å². The number of anilines is 1. The van der Waals surface area contributed by atoms with Crippen LogP contribution in [-0.4, -0.2) is 83.6 Å². The number of piperazine rings is 1. The molecule has 0 saturated carbocycles. The van der Waals surface area contributed by atoms with Crippen LogP contribution in [0.1, 0.15) is 24.1 Å². The second-order valence-corrected chi connectivity index (χ2v) is 10.4. The van der Waals surface area contributed by atoms with Crippen molar-refractivity contribution in [2.45, 2.75) is 25.9 Å². The fourth-order valence-electron chi connectivity index (χ4n) is 5.33. The predicted octanol–water partition coefficient (Wildman–Crippen LogP) is 2.26. The zero-order chi connectivity index (χ0) is 27.9. The van der Waals surface area contributed by atoms with E-state index in [-0.39, 0.29) is 12.4 Å². The van der Waals surface area contributed by atoms with E-state index in [1.165, 1.54) is 10.5 Å². The molecule has 3 aromatic rings. The van der Waals surface area contributed by atoms with Crippen LogP contribution >= 0.6 is 0 Å². The van der Waals surface area contributed by atoms with Gasteiger partial charge in [-0.25, -0.2) is 9.59 Å². The third kappa shape index (κ3) is 6.78. The molecule has 11 nitrogen and oxygen atoms in total. The van der Waals surface area contributed by atoms with Gasteiger partial charge >= 0.3 is 11.8 Å². The van der Waals surface area contributed by atoms with Crippen LogP contribution in [0, 0.1) is 5.92 Å². The molecule has 0 atom stereocenters. The van der Waals surface area contributed by atoms with Crippen molar-refractivity contribution < 1.29 is 19.5 Å². The number of ether oxygens (including phenoxy) is 1. The van der Waals surface area contributed by atoms with Crippen LogP contribution in [0.2, 0.25) is 0 Å². The maximum absolute atomic E-state index is 12.7. The van der Waals surface area contributed by atoms with Gasteiger partial charge in [0, 0.05) is 45.0 Å². The van der Waals surface area contributed by atoms with Crippen molar-refractivity contribution >= 4 is 11.8 Å². The van der Waals surface area contributed by atoms with E-state index < -0.39 is 11.8 Å². The zero-order valence-electron chi connectivity index (χ0n) is 22.9. The molecule has 40 heavy (non-hydrogen) atoms. The maximum Gasteiger partial charge on any atom is 0.434 e. The molecule has 0 aliphatic carbocycles. The number of carbonyl (C=O) groups excluding carboxylic acids is 1. The van der Waals surface area contributed by atoms with E-state index >= 15 is 0 Å². The third-order valence-electron chi connectivity index (χ3n) is 7.74. The molecule has 0 bridgehead atoms. The summed E-state index contributed by atoms with van der Waals surface area (Å²) in [5.41, 5.74) is 1.99. The van der Waals surface area contributed by atoms with E-state index in [1.54, 1.807) is 7.11 Å². The van der Waals surface area contributed by atoms with Gasteiger partial charge in [0.25, 0.3) is 5.88 Å². The van der Waals surface area contributed by atoms with E-state index in [4.69, 9.17) is 9.57 Å². The fourth-order valence-corrected chi connectivity index (χ4v) is 5.33. The average molecular weight is 551 g/mol. The first kappa shape index (κ1) is 27.6. The Morgan fingerprint density at radius 1 is 1.00 bits per heavy atom. The number of aromatic amines is 1. The molecule has 11 heteroatoms. The second kappa shape index (κ2) is 12.9. The summed E-state index contributed by atoms with van der Waals surface area (Å²) in [5.74, 6) is 0.926. The Kier molecular flexibility index (Phi) is 8.92. The minimum absolute atomic E-state index is 0.274. The number of nitrogens with zero attached hydrogens (tertiary/aromatic N) is 4. The molecular weight excluding hydrogens is 512 g/mol. The number of benzene rings is 2. The number of piperidine rings is 1. The van der Waals surface area contributed by atoms with E-state index in [9.17, 15) is 14.7 Å². The third-order valence-corrected chi connectivity index (χ3v) is 7.74. The molecule has 0 radical (unpaired) electrons. The number of nitrogens with one attached hydrogen (secondary N) is 2. The number of carbonyl (C=O) groups is 1. The summed E-state index contributed by atoms with van der Waals surface area (Å²) in [6.07, 6.45) is 1.51. The predicted molar refractivity (Wildman–Crippen MR) is 152 cm³/mol. The van der Waals surface area contributed by atoms with Gasteiger partial charge in [-0.1, -0.05) is 35.1 Å². The SMILES string of the molecule is COc1ccc(N2CCN(C(=O)On3c(O)c(CNCC4CCN(Cc5ccccc5)CC4)[nH]c3=O)CC2)cc1. The number of hydrogen-bond acceptors (Lipinski definition) is 8. The van der Waals surface area contributed by atoms with Gasteiger partial charge in [-0.3, -0.25) is 4.90 Å². The van der Waals surface area contributed by atoms with Gasteiger partial charge in [0.2, 0.25) is 0 Å². The lowest BCUT2D eigenvalue weighted by Crippen LogP contribution is -2.51. The molecule has 5 rings (SSSR count). The number of hydrogen-bond donors (Lipinski definition) is 3. The minimum Gasteiger partial charge on any atom is -0.497 e. The number of aromatic hydroxyl groups is 1. The standard InChI is InChI=1S/C29H38N6O5/c1-39-25-9-7-24(8-10-25)33-15-17-34(18-16-33)29(38)40-35-27(36)26(31-28(35)37)20-30-19-22-11-13-32(14-12-22)21-23-5-3-2-4-6-23/h2-10,22,30,36H,11-21H2,1H3,(H,31,37). The number of methoxy groups -OCH3 is 1. The van der Waals surface area contributed by atoms with Crippen LogP contribution in [0.3, 0.4) is 0 Å². The molecule has 0 spiro atoms. The van der Waals surface area contributed by atoms with Gasteiger partial charge in [0.15, 0.2) is 0 Å². The Morgan fingerprint density at radius 3 is 2.38 bits per heavy atom. The zero-order valence-corrected chi connectivity index (χ0v) is 22.9. The van der Waals surface area contributed by atoms with Crippen LogP contribution < -0.4 is 25.5 Å².